The van der Waals surface area contributed by atoms with Gasteiger partial charge in [-0.1, -0.05) is 66.6 Å². The van der Waals surface area contributed by atoms with Crippen LogP contribution in [0, 0.1) is 0 Å². The first-order valence-electron chi connectivity index (χ1n) is 7.14. The van der Waals surface area contributed by atoms with Gasteiger partial charge in [0.15, 0.2) is 0 Å². The molecule has 0 radical (unpaired) electrons. The van der Waals surface area contributed by atoms with Crippen LogP contribution >= 0.6 is 0 Å². The van der Waals surface area contributed by atoms with E-state index >= 15 is 0 Å². The molecule has 0 N–H and O–H groups in total. The highest BCUT2D eigenvalue weighted by Gasteiger charge is 1.97. The van der Waals surface area contributed by atoms with Crippen LogP contribution in [-0.2, 0) is 0 Å². The lowest BCUT2D eigenvalue weighted by atomic mass is 10.0. The van der Waals surface area contributed by atoms with E-state index < -0.39 is 0 Å². The van der Waals surface area contributed by atoms with Gasteiger partial charge in [0.2, 0.25) is 0 Å². The molecule has 0 amide bonds. The van der Waals surface area contributed by atoms with Gasteiger partial charge in [-0.25, -0.2) is 0 Å². The van der Waals surface area contributed by atoms with Crippen molar-refractivity contribution in [3.63, 3.8) is 0 Å². The first-order chi connectivity index (χ1) is 9.58. The van der Waals surface area contributed by atoms with Crippen LogP contribution in [0.5, 0.6) is 0 Å². The molecule has 0 unspecified atom stereocenters. The topological polar surface area (TPSA) is 0 Å². The summed E-state index contributed by atoms with van der Waals surface area (Å²) in [7, 11) is 0. The van der Waals surface area contributed by atoms with Crippen molar-refractivity contribution in [2.24, 2.45) is 0 Å². The Kier molecular flexibility index (Phi) is 1.40. The molecule has 0 saturated heterocycles. The first-order valence-corrected chi connectivity index (χ1v) is 5.14. The van der Waals surface area contributed by atoms with Crippen LogP contribution in [-0.4, -0.2) is 0 Å². The van der Waals surface area contributed by atoms with Crippen LogP contribution in [0.25, 0.3) is 21.9 Å². The minimum atomic E-state index is -0.0193. The summed E-state index contributed by atoms with van der Waals surface area (Å²) in [6.07, 6.45) is 0. The van der Waals surface area contributed by atoms with Crippen molar-refractivity contribution in [2.45, 2.75) is 0 Å². The fourth-order valence-corrected chi connectivity index (χ4v) is 1.77. The maximum atomic E-state index is 7.99. The highest BCUT2D eigenvalue weighted by molar-refractivity contribution is 5.87. The molecule has 0 heterocycles. The molecule has 0 fully saturated rings. The largest absolute Gasteiger partial charge is 0.0629 e. The van der Waals surface area contributed by atoms with Crippen molar-refractivity contribution in [3.05, 3.63) is 72.7 Å². The number of benzene rings is 3. The van der Waals surface area contributed by atoms with Gasteiger partial charge in [0.05, 0.1) is 5.48 Å². The van der Waals surface area contributed by atoms with Crippen LogP contribution in [0.2, 0.25) is 0 Å². The molecule has 0 saturated carbocycles. The fraction of sp³-hybridized carbons (Fsp3) is 0. The molecular formula is C16H12. The molecule has 3 aromatic carbocycles. The predicted molar refractivity (Wildman–Crippen MR) is 69.4 cm³/mol. The second-order valence-electron chi connectivity index (χ2n) is 3.62. The molecular weight excluding hydrogens is 192 g/mol. The summed E-state index contributed by atoms with van der Waals surface area (Å²) < 4.78 is 31.4. The van der Waals surface area contributed by atoms with Crippen LogP contribution in [0.1, 0.15) is 5.48 Å². The Morgan fingerprint density at radius 2 is 1.44 bits per heavy atom. The summed E-state index contributed by atoms with van der Waals surface area (Å²) in [5.41, 5.74) is 1.06. The van der Waals surface area contributed by atoms with E-state index in [4.69, 9.17) is 5.48 Å². The van der Waals surface area contributed by atoms with Gasteiger partial charge in [0.25, 0.3) is 0 Å². The lowest BCUT2D eigenvalue weighted by Gasteiger charge is -2.03. The second-order valence-corrected chi connectivity index (χ2v) is 3.62. The average Bonchev–Trinajstić information content (AvgIpc) is 2.45. The van der Waals surface area contributed by atoms with Crippen molar-refractivity contribution in [2.75, 3.05) is 0 Å². The molecule has 76 valence electrons. The number of hydrogen-bond donors (Lipinski definition) is 0. The average molecular weight is 208 g/mol. The third-order valence-corrected chi connectivity index (χ3v) is 2.58. The summed E-state index contributed by atoms with van der Waals surface area (Å²) in [5.74, 6) is 0. The van der Waals surface area contributed by atoms with E-state index in [1.54, 1.807) is 0 Å². The van der Waals surface area contributed by atoms with Crippen LogP contribution in [0.4, 0.5) is 0 Å². The van der Waals surface area contributed by atoms with Crippen molar-refractivity contribution in [1.29, 1.82) is 0 Å². The molecule has 0 heteroatoms. The van der Waals surface area contributed by atoms with Gasteiger partial charge in [-0.05, 0) is 28.0 Å². The van der Waals surface area contributed by atoms with Gasteiger partial charge in [-0.2, -0.15) is 0 Å². The first kappa shape index (κ1) is 5.86. The van der Waals surface area contributed by atoms with E-state index in [0.29, 0.717) is 11.1 Å². The molecule has 3 aromatic rings. The third-order valence-electron chi connectivity index (χ3n) is 2.58. The molecule has 0 bridgehead atoms. The van der Waals surface area contributed by atoms with Crippen molar-refractivity contribution < 1.29 is 5.48 Å². The highest BCUT2D eigenvalue weighted by Crippen LogP contribution is 2.23. The Hall–Kier alpha value is -2.08. The zero-order valence-corrected chi connectivity index (χ0v) is 8.62. The zero-order valence-electron chi connectivity index (χ0n) is 12.6. The van der Waals surface area contributed by atoms with Gasteiger partial charge >= 0.3 is 0 Å². The van der Waals surface area contributed by atoms with Gasteiger partial charge in [0, 0.05) is 0 Å². The van der Waals surface area contributed by atoms with Crippen LogP contribution in [0.15, 0.2) is 72.7 Å². The van der Waals surface area contributed by atoms with E-state index in [0.717, 1.165) is 10.8 Å². The Morgan fingerprint density at radius 1 is 0.688 bits per heavy atom. The Labute approximate surface area is 101 Å². The van der Waals surface area contributed by atoms with E-state index in [1.165, 1.54) is 6.07 Å². The summed E-state index contributed by atoms with van der Waals surface area (Å²) in [6.45, 7) is 0. The highest BCUT2D eigenvalue weighted by atomic mass is 14.0. The molecule has 0 nitrogen and oxygen atoms in total. The fourth-order valence-electron chi connectivity index (χ4n) is 1.77. The standard InChI is InChI=1S/C16H12/c1-2-6-13(7-3-1)16-11-10-14-8-4-5-9-15(14)12-16/h1-12H/i2D,3D,6D,7D. The minimum absolute atomic E-state index is 0.00119. The number of hydrogen-bond acceptors (Lipinski definition) is 0. The molecule has 0 spiro atoms. The lowest BCUT2D eigenvalue weighted by Crippen LogP contribution is -1.77. The van der Waals surface area contributed by atoms with E-state index in [2.05, 4.69) is 0 Å². The van der Waals surface area contributed by atoms with Crippen LogP contribution in [0.3, 0.4) is 0 Å². The van der Waals surface area contributed by atoms with E-state index in [1.807, 2.05) is 42.5 Å². The van der Waals surface area contributed by atoms with Gasteiger partial charge in [0.1, 0.15) is 0 Å². The molecule has 3 rings (SSSR count). The summed E-state index contributed by atoms with van der Waals surface area (Å²) in [4.78, 5) is 0. The normalized spacial score (nSPS) is 14.0. The Morgan fingerprint density at radius 3 is 2.25 bits per heavy atom. The SMILES string of the molecule is [2H]c1cc([2H])c([2H])c(-c2ccc3ccccc3c2)c1[2H]. The smallest absolute Gasteiger partial charge is 0.0622 e. The zero-order chi connectivity index (χ0) is 14.3. The maximum Gasteiger partial charge on any atom is 0.0629 e. The maximum absolute atomic E-state index is 7.99. The molecule has 0 aliphatic rings. The lowest BCUT2D eigenvalue weighted by molar-refractivity contribution is 1.64. The van der Waals surface area contributed by atoms with Gasteiger partial charge < -0.3 is 0 Å². The summed E-state index contributed by atoms with van der Waals surface area (Å²) in [6, 6.07) is 14.8. The van der Waals surface area contributed by atoms with Gasteiger partial charge in [-0.3, -0.25) is 0 Å². The molecule has 0 aliphatic carbocycles. The third kappa shape index (κ3) is 1.59. The Balaban J connectivity index is 2.30. The van der Waals surface area contributed by atoms with Crippen molar-refractivity contribution in [3.8, 4) is 11.1 Å². The predicted octanol–water partition coefficient (Wildman–Crippen LogP) is 4.51. The Bertz CT molecular complexity index is 783. The molecule has 0 aliphatic heterocycles. The summed E-state index contributed by atoms with van der Waals surface area (Å²) >= 11 is 0. The molecule has 16 heavy (non-hydrogen) atoms. The van der Waals surface area contributed by atoms with Crippen LogP contribution < -0.4 is 0 Å². The van der Waals surface area contributed by atoms with Crippen molar-refractivity contribution in [1.82, 2.24) is 0 Å². The molecule has 0 aromatic heterocycles. The number of rotatable bonds is 1. The quantitative estimate of drug-likeness (QED) is 0.552. The number of fused-ring (bicyclic) bond motifs is 1. The monoisotopic (exact) mass is 208 g/mol. The van der Waals surface area contributed by atoms with Crippen molar-refractivity contribution >= 4 is 10.8 Å². The molecule has 0 atom stereocenters. The second kappa shape index (κ2) is 3.82. The van der Waals surface area contributed by atoms with E-state index in [9.17, 15) is 0 Å². The van der Waals surface area contributed by atoms with Gasteiger partial charge in [-0.15, -0.1) is 0 Å². The minimum Gasteiger partial charge on any atom is -0.0622 e. The summed E-state index contributed by atoms with van der Waals surface area (Å²) in [5, 5.41) is 2.10. The van der Waals surface area contributed by atoms with E-state index in [-0.39, 0.29) is 24.2 Å².